The van der Waals surface area contributed by atoms with Crippen LogP contribution in [0, 0.1) is 11.8 Å². The number of halogens is 3. The van der Waals surface area contributed by atoms with Crippen LogP contribution < -0.4 is 10.6 Å². The third-order valence-corrected chi connectivity index (χ3v) is 5.60. The zero-order valence-corrected chi connectivity index (χ0v) is 15.0. The molecular weight excluding hydrogens is 361 g/mol. The second-order valence-electron chi connectivity index (χ2n) is 7.19. The predicted molar refractivity (Wildman–Crippen MR) is 93.3 cm³/mol. The van der Waals surface area contributed by atoms with Gasteiger partial charge in [-0.15, -0.1) is 0 Å². The fraction of sp³-hybridized carbons (Fsp3) is 0.706. The Bertz CT molecular complexity index is 694. The molecule has 2 N–H and O–H groups in total. The maximum Gasteiger partial charge on any atom is 0.433 e. The first-order chi connectivity index (χ1) is 13.0. The Balaban J connectivity index is 1.25. The van der Waals surface area contributed by atoms with Crippen LogP contribution in [0.2, 0.25) is 0 Å². The smallest absolute Gasteiger partial charge is 0.374 e. The van der Waals surface area contributed by atoms with E-state index in [1.165, 1.54) is 0 Å². The molecule has 0 aliphatic carbocycles. The summed E-state index contributed by atoms with van der Waals surface area (Å²) in [5.41, 5.74) is -0.954. The van der Waals surface area contributed by atoms with E-state index >= 15 is 0 Å². The molecule has 148 valence electrons. The minimum absolute atomic E-state index is 0.0361. The summed E-state index contributed by atoms with van der Waals surface area (Å²) < 4.78 is 44.0. The molecule has 0 spiro atoms. The number of anilines is 1. The second kappa shape index (κ2) is 7.14. The normalized spacial score (nSPS) is 29.9. The molecule has 3 fully saturated rings. The van der Waals surface area contributed by atoms with Crippen LogP contribution >= 0.6 is 0 Å². The van der Waals surface area contributed by atoms with Crippen LogP contribution in [0.5, 0.6) is 0 Å². The van der Waals surface area contributed by atoms with E-state index in [4.69, 9.17) is 4.74 Å². The Morgan fingerprint density at radius 1 is 1.26 bits per heavy atom. The number of nitrogens with zero attached hydrogens (tertiary/aromatic N) is 4. The number of ether oxygens (including phenoxy) is 1. The van der Waals surface area contributed by atoms with Gasteiger partial charge in [-0.25, -0.2) is 9.97 Å². The van der Waals surface area contributed by atoms with Gasteiger partial charge in [0.25, 0.3) is 0 Å². The molecule has 2 bridgehead atoms. The molecule has 3 saturated heterocycles. The van der Waals surface area contributed by atoms with Crippen LogP contribution in [0.25, 0.3) is 0 Å². The topological polar surface area (TPSA) is 74.7 Å². The van der Waals surface area contributed by atoms with E-state index in [-0.39, 0.29) is 5.95 Å². The summed E-state index contributed by atoms with van der Waals surface area (Å²) >= 11 is 0. The summed E-state index contributed by atoms with van der Waals surface area (Å²) in [4.78, 5) is 13.9. The SMILES string of the molecule is CN=C(NCCNc1nccc(C(F)(F)F)n1)N1CC2C3CCC(O3)C2C1. The lowest BCUT2D eigenvalue weighted by Gasteiger charge is -2.23. The highest BCUT2D eigenvalue weighted by molar-refractivity contribution is 5.80. The molecule has 4 rings (SSSR count). The largest absolute Gasteiger partial charge is 0.433 e. The highest BCUT2D eigenvalue weighted by atomic mass is 19.4. The lowest BCUT2D eigenvalue weighted by molar-refractivity contribution is -0.141. The van der Waals surface area contributed by atoms with Gasteiger partial charge < -0.3 is 20.3 Å². The van der Waals surface area contributed by atoms with Crippen molar-refractivity contribution in [2.24, 2.45) is 16.8 Å². The summed E-state index contributed by atoms with van der Waals surface area (Å²) in [6.07, 6.45) is -0.273. The Morgan fingerprint density at radius 2 is 1.96 bits per heavy atom. The van der Waals surface area contributed by atoms with E-state index in [1.54, 1.807) is 7.05 Å². The molecule has 0 aromatic carbocycles. The van der Waals surface area contributed by atoms with E-state index < -0.39 is 11.9 Å². The number of nitrogens with one attached hydrogen (secondary N) is 2. The average Bonchev–Trinajstić information content (AvgIpc) is 3.34. The van der Waals surface area contributed by atoms with Crippen LogP contribution in [-0.4, -0.2) is 66.3 Å². The standard InChI is InChI=1S/C17H23F3N6O/c1-21-16(26-8-10-11(9-26)13-3-2-12(10)27-13)24-7-6-23-15-22-5-4-14(25-15)17(18,19)20/h4-5,10-13H,2-3,6-9H2,1H3,(H,21,24)(H,22,23,25). The van der Waals surface area contributed by atoms with Gasteiger partial charge in [0, 0.05) is 51.3 Å². The highest BCUT2D eigenvalue weighted by Crippen LogP contribution is 2.47. The van der Waals surface area contributed by atoms with Crippen molar-refractivity contribution >= 4 is 11.9 Å². The van der Waals surface area contributed by atoms with E-state index in [1.807, 2.05) is 0 Å². The quantitative estimate of drug-likeness (QED) is 0.467. The Morgan fingerprint density at radius 3 is 2.59 bits per heavy atom. The van der Waals surface area contributed by atoms with Gasteiger partial charge in [-0.05, 0) is 18.9 Å². The van der Waals surface area contributed by atoms with Crippen molar-refractivity contribution in [2.45, 2.75) is 31.2 Å². The van der Waals surface area contributed by atoms with Crippen LogP contribution in [0.4, 0.5) is 19.1 Å². The summed E-state index contributed by atoms with van der Waals surface area (Å²) in [6, 6.07) is 0.854. The third-order valence-electron chi connectivity index (χ3n) is 5.60. The van der Waals surface area contributed by atoms with Crippen molar-refractivity contribution in [3.8, 4) is 0 Å². The number of rotatable bonds is 4. The molecule has 3 aliphatic rings. The number of alkyl halides is 3. The molecule has 27 heavy (non-hydrogen) atoms. The highest BCUT2D eigenvalue weighted by Gasteiger charge is 2.53. The van der Waals surface area contributed by atoms with Gasteiger partial charge in [-0.1, -0.05) is 0 Å². The molecule has 4 heterocycles. The summed E-state index contributed by atoms with van der Waals surface area (Å²) in [5, 5.41) is 6.07. The number of guanidine groups is 1. The van der Waals surface area contributed by atoms with Crippen LogP contribution in [0.1, 0.15) is 18.5 Å². The average molecular weight is 384 g/mol. The van der Waals surface area contributed by atoms with Gasteiger partial charge in [0.05, 0.1) is 12.2 Å². The van der Waals surface area contributed by atoms with Crippen LogP contribution in [0.15, 0.2) is 17.3 Å². The fourth-order valence-electron chi connectivity index (χ4n) is 4.42. The fourth-order valence-corrected chi connectivity index (χ4v) is 4.42. The van der Waals surface area contributed by atoms with Crippen molar-refractivity contribution in [1.82, 2.24) is 20.2 Å². The van der Waals surface area contributed by atoms with Crippen molar-refractivity contribution in [3.63, 3.8) is 0 Å². The third kappa shape index (κ3) is 3.67. The van der Waals surface area contributed by atoms with Crippen molar-refractivity contribution < 1.29 is 17.9 Å². The summed E-state index contributed by atoms with van der Waals surface area (Å²) in [5.74, 6) is 1.94. The molecule has 7 nitrogen and oxygen atoms in total. The Kier molecular flexibility index (Phi) is 4.83. The van der Waals surface area contributed by atoms with Gasteiger partial charge in [-0.3, -0.25) is 4.99 Å². The molecular formula is C17H23F3N6O. The molecule has 0 radical (unpaired) electrons. The van der Waals surface area contributed by atoms with Gasteiger partial charge in [-0.2, -0.15) is 13.2 Å². The lowest BCUT2D eigenvalue weighted by Crippen LogP contribution is -2.43. The van der Waals surface area contributed by atoms with Crippen molar-refractivity contribution in [1.29, 1.82) is 0 Å². The lowest BCUT2D eigenvalue weighted by atomic mass is 9.82. The number of aromatic nitrogens is 2. The van der Waals surface area contributed by atoms with E-state index in [9.17, 15) is 13.2 Å². The van der Waals surface area contributed by atoms with Crippen molar-refractivity contribution in [2.75, 3.05) is 38.5 Å². The Labute approximate surface area is 155 Å². The monoisotopic (exact) mass is 384 g/mol. The predicted octanol–water partition coefficient (Wildman–Crippen LogP) is 1.59. The van der Waals surface area contributed by atoms with Crippen molar-refractivity contribution in [3.05, 3.63) is 18.0 Å². The molecule has 1 aromatic heterocycles. The summed E-state index contributed by atoms with van der Waals surface area (Å²) in [6.45, 7) is 2.77. The number of hydrogen-bond donors (Lipinski definition) is 2. The molecule has 0 amide bonds. The summed E-state index contributed by atoms with van der Waals surface area (Å²) in [7, 11) is 1.74. The minimum Gasteiger partial charge on any atom is -0.374 e. The maximum absolute atomic E-state index is 12.7. The molecule has 4 atom stereocenters. The van der Waals surface area contributed by atoms with E-state index in [0.29, 0.717) is 37.1 Å². The first-order valence-corrected chi connectivity index (χ1v) is 9.21. The number of likely N-dealkylation sites (tertiary alicyclic amines) is 1. The molecule has 3 aliphatic heterocycles. The molecule has 4 unspecified atom stereocenters. The van der Waals surface area contributed by atoms with Gasteiger partial charge >= 0.3 is 6.18 Å². The minimum atomic E-state index is -4.48. The number of aliphatic imine (C=N–C) groups is 1. The van der Waals surface area contributed by atoms with Gasteiger partial charge in [0.15, 0.2) is 5.96 Å². The zero-order chi connectivity index (χ0) is 19.0. The number of hydrogen-bond acceptors (Lipinski definition) is 5. The molecule has 0 saturated carbocycles. The second-order valence-corrected chi connectivity index (χ2v) is 7.19. The molecule has 1 aromatic rings. The molecule has 10 heteroatoms. The van der Waals surface area contributed by atoms with Gasteiger partial charge in [0.2, 0.25) is 5.95 Å². The van der Waals surface area contributed by atoms with E-state index in [2.05, 4.69) is 30.5 Å². The first-order valence-electron chi connectivity index (χ1n) is 9.21. The van der Waals surface area contributed by atoms with Gasteiger partial charge in [0.1, 0.15) is 5.69 Å². The van der Waals surface area contributed by atoms with Crippen LogP contribution in [-0.2, 0) is 10.9 Å². The van der Waals surface area contributed by atoms with Crippen LogP contribution in [0.3, 0.4) is 0 Å². The first kappa shape index (κ1) is 18.3. The van der Waals surface area contributed by atoms with E-state index in [0.717, 1.165) is 44.2 Å². The Hall–Kier alpha value is -2.10. The zero-order valence-electron chi connectivity index (χ0n) is 15.0. The maximum atomic E-state index is 12.7. The number of fused-ring (bicyclic) bond motifs is 5.